The molecule has 4 heteroatoms. The monoisotopic (exact) mass is 231 g/mol. The summed E-state index contributed by atoms with van der Waals surface area (Å²) in [7, 11) is 0. The van der Waals surface area contributed by atoms with Crippen LogP contribution in [0, 0.1) is 0 Å². The molecule has 1 heterocycles. The van der Waals surface area contributed by atoms with E-state index in [9.17, 15) is 0 Å². The molecule has 1 nitrogen and oxygen atoms in total. The number of pyridine rings is 1. The van der Waals surface area contributed by atoms with Crippen molar-refractivity contribution in [3.05, 3.63) is 39.5 Å². The third-order valence-electron chi connectivity index (χ3n) is 1.69. The number of hydrogen-bond donors (Lipinski definition) is 0. The van der Waals surface area contributed by atoms with Crippen molar-refractivity contribution in [3.63, 3.8) is 0 Å². The summed E-state index contributed by atoms with van der Waals surface area (Å²) in [4.78, 5) is 4.09. The molecule has 0 radical (unpaired) electrons. The highest BCUT2D eigenvalue weighted by molar-refractivity contribution is 6.41. The maximum Gasteiger partial charge on any atom is 0.148 e. The maximum absolute atomic E-state index is 5.80. The molecule has 1 aromatic carbocycles. The highest BCUT2D eigenvalue weighted by Crippen LogP contribution is 2.26. The van der Waals surface area contributed by atoms with E-state index in [0.29, 0.717) is 15.2 Å². The zero-order valence-corrected chi connectivity index (χ0v) is 8.66. The van der Waals surface area contributed by atoms with Crippen LogP contribution in [0.1, 0.15) is 0 Å². The van der Waals surface area contributed by atoms with Crippen LogP contribution in [0.2, 0.25) is 15.2 Å². The standard InChI is InChI=1S/C9H4Cl3N/c10-6-2-1-5-3-7(11)9(12)13-8(5)4-6/h1-4H. The van der Waals surface area contributed by atoms with Crippen molar-refractivity contribution in [3.8, 4) is 0 Å². The molecule has 0 unspecified atom stereocenters. The van der Waals surface area contributed by atoms with Gasteiger partial charge in [-0.3, -0.25) is 0 Å². The molecule has 0 atom stereocenters. The Kier molecular flexibility index (Phi) is 2.33. The molecule has 2 aromatic rings. The number of fused-ring (bicyclic) bond motifs is 1. The number of aromatic nitrogens is 1. The second-order valence-electron chi connectivity index (χ2n) is 2.60. The van der Waals surface area contributed by atoms with Crippen molar-refractivity contribution in [2.75, 3.05) is 0 Å². The largest absolute Gasteiger partial charge is 0.234 e. The first kappa shape index (κ1) is 9.07. The average Bonchev–Trinajstić information content (AvgIpc) is 2.08. The molecule has 0 bridgehead atoms. The fourth-order valence-corrected chi connectivity index (χ4v) is 1.56. The minimum absolute atomic E-state index is 0.302. The normalized spacial score (nSPS) is 10.7. The zero-order chi connectivity index (χ0) is 9.42. The molecule has 0 N–H and O–H groups in total. The Balaban J connectivity index is 2.81. The van der Waals surface area contributed by atoms with Crippen LogP contribution >= 0.6 is 34.8 Å². The Morgan fingerprint density at radius 1 is 1.00 bits per heavy atom. The number of benzene rings is 1. The fourth-order valence-electron chi connectivity index (χ4n) is 1.09. The second kappa shape index (κ2) is 3.33. The molecule has 1 aromatic heterocycles. The summed E-state index contributed by atoms with van der Waals surface area (Å²) in [5.41, 5.74) is 0.752. The molecular formula is C9H4Cl3N. The molecular weight excluding hydrogens is 228 g/mol. The topological polar surface area (TPSA) is 12.9 Å². The summed E-state index contributed by atoms with van der Waals surface area (Å²) in [6, 6.07) is 7.16. The smallest absolute Gasteiger partial charge is 0.148 e. The van der Waals surface area contributed by atoms with Gasteiger partial charge in [-0.25, -0.2) is 4.98 Å². The number of rotatable bonds is 0. The Morgan fingerprint density at radius 3 is 2.54 bits per heavy atom. The molecule has 0 saturated carbocycles. The lowest BCUT2D eigenvalue weighted by molar-refractivity contribution is 1.41. The van der Waals surface area contributed by atoms with Crippen LogP contribution in [0.15, 0.2) is 24.3 Å². The van der Waals surface area contributed by atoms with Crippen molar-refractivity contribution in [2.45, 2.75) is 0 Å². The molecule has 0 fully saturated rings. The van der Waals surface area contributed by atoms with Gasteiger partial charge in [0.25, 0.3) is 0 Å². The van der Waals surface area contributed by atoms with Gasteiger partial charge in [-0.15, -0.1) is 0 Å². The molecule has 0 saturated heterocycles. The highest BCUT2D eigenvalue weighted by Gasteiger charge is 2.02. The van der Waals surface area contributed by atoms with Crippen LogP contribution in [0.3, 0.4) is 0 Å². The van der Waals surface area contributed by atoms with E-state index in [1.807, 2.05) is 6.07 Å². The quantitative estimate of drug-likeness (QED) is 0.621. The van der Waals surface area contributed by atoms with Crippen LogP contribution in [0.5, 0.6) is 0 Å². The van der Waals surface area contributed by atoms with E-state index >= 15 is 0 Å². The highest BCUT2D eigenvalue weighted by atomic mass is 35.5. The molecule has 0 aliphatic carbocycles. The Hall–Kier alpha value is -0.500. The van der Waals surface area contributed by atoms with Gasteiger partial charge in [-0.1, -0.05) is 40.9 Å². The molecule has 0 amide bonds. The predicted molar refractivity (Wildman–Crippen MR) is 56.8 cm³/mol. The van der Waals surface area contributed by atoms with E-state index in [0.717, 1.165) is 10.9 Å². The van der Waals surface area contributed by atoms with Crippen LogP contribution in [0.4, 0.5) is 0 Å². The minimum Gasteiger partial charge on any atom is -0.234 e. The lowest BCUT2D eigenvalue weighted by Gasteiger charge is -1.99. The van der Waals surface area contributed by atoms with Crippen LogP contribution in [-0.4, -0.2) is 4.98 Å². The average molecular weight is 232 g/mol. The van der Waals surface area contributed by atoms with Crippen LogP contribution < -0.4 is 0 Å². The van der Waals surface area contributed by atoms with Gasteiger partial charge in [-0.05, 0) is 18.2 Å². The van der Waals surface area contributed by atoms with Gasteiger partial charge in [0.15, 0.2) is 0 Å². The Labute approximate surface area is 90.2 Å². The minimum atomic E-state index is 0.302. The second-order valence-corrected chi connectivity index (χ2v) is 3.80. The third-order valence-corrected chi connectivity index (χ3v) is 2.60. The van der Waals surface area contributed by atoms with E-state index < -0.39 is 0 Å². The number of halogens is 3. The fraction of sp³-hybridized carbons (Fsp3) is 0. The van der Waals surface area contributed by atoms with E-state index in [2.05, 4.69) is 4.98 Å². The molecule has 2 rings (SSSR count). The number of nitrogens with zero attached hydrogens (tertiary/aromatic N) is 1. The summed E-state index contributed by atoms with van der Waals surface area (Å²) in [6.45, 7) is 0. The predicted octanol–water partition coefficient (Wildman–Crippen LogP) is 4.20. The van der Waals surface area contributed by atoms with Gasteiger partial charge in [0, 0.05) is 10.4 Å². The zero-order valence-electron chi connectivity index (χ0n) is 6.39. The third kappa shape index (κ3) is 1.73. The maximum atomic E-state index is 5.80. The van der Waals surface area contributed by atoms with Crippen molar-refractivity contribution in [1.29, 1.82) is 0 Å². The van der Waals surface area contributed by atoms with Gasteiger partial charge in [-0.2, -0.15) is 0 Å². The lowest BCUT2D eigenvalue weighted by Crippen LogP contribution is -1.80. The summed E-state index contributed by atoms with van der Waals surface area (Å²) in [6.07, 6.45) is 0. The van der Waals surface area contributed by atoms with Crippen molar-refractivity contribution in [1.82, 2.24) is 4.98 Å². The first-order chi connectivity index (χ1) is 6.16. The van der Waals surface area contributed by atoms with Crippen molar-refractivity contribution >= 4 is 45.7 Å². The number of hydrogen-bond acceptors (Lipinski definition) is 1. The van der Waals surface area contributed by atoms with Crippen molar-refractivity contribution < 1.29 is 0 Å². The summed E-state index contributed by atoms with van der Waals surface area (Å²) in [5, 5.41) is 2.32. The first-order valence-electron chi connectivity index (χ1n) is 3.58. The molecule has 13 heavy (non-hydrogen) atoms. The van der Waals surface area contributed by atoms with E-state index in [1.54, 1.807) is 18.2 Å². The Morgan fingerprint density at radius 2 is 1.77 bits per heavy atom. The van der Waals surface area contributed by atoms with E-state index in [-0.39, 0.29) is 0 Å². The van der Waals surface area contributed by atoms with Crippen LogP contribution in [-0.2, 0) is 0 Å². The molecule has 0 spiro atoms. The van der Waals surface area contributed by atoms with Gasteiger partial charge >= 0.3 is 0 Å². The van der Waals surface area contributed by atoms with Gasteiger partial charge in [0.1, 0.15) is 5.15 Å². The first-order valence-corrected chi connectivity index (χ1v) is 4.71. The Bertz CT molecular complexity index is 468. The summed E-state index contributed by atoms with van der Waals surface area (Å²) >= 11 is 17.3. The summed E-state index contributed by atoms with van der Waals surface area (Å²) in [5.74, 6) is 0. The SMILES string of the molecule is Clc1ccc2cc(Cl)c(Cl)nc2c1. The molecule has 0 aliphatic rings. The van der Waals surface area contributed by atoms with Crippen molar-refractivity contribution in [2.24, 2.45) is 0 Å². The molecule has 0 aliphatic heterocycles. The molecule has 66 valence electrons. The van der Waals surface area contributed by atoms with E-state index in [1.165, 1.54) is 0 Å². The van der Waals surface area contributed by atoms with Gasteiger partial charge in [0.2, 0.25) is 0 Å². The van der Waals surface area contributed by atoms with Gasteiger partial charge < -0.3 is 0 Å². The van der Waals surface area contributed by atoms with E-state index in [4.69, 9.17) is 34.8 Å². The van der Waals surface area contributed by atoms with Crippen LogP contribution in [0.25, 0.3) is 10.9 Å². The summed E-state index contributed by atoms with van der Waals surface area (Å²) < 4.78 is 0. The lowest BCUT2D eigenvalue weighted by atomic mass is 10.2. The van der Waals surface area contributed by atoms with Gasteiger partial charge in [0.05, 0.1) is 10.5 Å².